The molecule has 1 fully saturated rings. The summed E-state index contributed by atoms with van der Waals surface area (Å²) in [6.07, 6.45) is 7.16. The van der Waals surface area contributed by atoms with Crippen LogP contribution in [0, 0.1) is 5.92 Å². The van der Waals surface area contributed by atoms with Crippen molar-refractivity contribution in [3.05, 3.63) is 42.0 Å². The highest BCUT2D eigenvalue weighted by Gasteiger charge is 2.13. The van der Waals surface area contributed by atoms with Gasteiger partial charge in [0.05, 0.1) is 0 Å². The predicted molar refractivity (Wildman–Crippen MR) is 83.2 cm³/mol. The van der Waals surface area contributed by atoms with Gasteiger partial charge in [-0.15, -0.1) is 0 Å². The van der Waals surface area contributed by atoms with Crippen molar-refractivity contribution in [3.63, 3.8) is 0 Å². The standard InChI is InChI=1S/C17H26N2/c1-16(15-19-12-5-6-13-19)14-18-11-7-10-17-8-3-2-4-9-17/h2-4,7-10,16,18H,5-6,11-15H2,1H3/b10-7+. The Morgan fingerprint density at radius 3 is 2.68 bits per heavy atom. The Morgan fingerprint density at radius 1 is 1.21 bits per heavy atom. The molecular formula is C17H26N2. The average molecular weight is 258 g/mol. The number of rotatable bonds is 7. The predicted octanol–water partition coefficient (Wildman–Crippen LogP) is 3.02. The zero-order valence-electron chi connectivity index (χ0n) is 12.0. The van der Waals surface area contributed by atoms with Crippen LogP contribution in [0.4, 0.5) is 0 Å². The highest BCUT2D eigenvalue weighted by atomic mass is 15.1. The van der Waals surface area contributed by atoms with E-state index in [-0.39, 0.29) is 0 Å². The summed E-state index contributed by atoms with van der Waals surface area (Å²) in [5.74, 6) is 0.739. The first kappa shape index (κ1) is 14.3. The third kappa shape index (κ3) is 5.58. The van der Waals surface area contributed by atoms with E-state index in [0.29, 0.717) is 0 Å². The van der Waals surface area contributed by atoms with Crippen molar-refractivity contribution in [2.24, 2.45) is 5.92 Å². The molecule has 1 aromatic carbocycles. The van der Waals surface area contributed by atoms with Crippen molar-refractivity contribution in [3.8, 4) is 0 Å². The van der Waals surface area contributed by atoms with Crippen LogP contribution in [0.2, 0.25) is 0 Å². The molecule has 2 heteroatoms. The fourth-order valence-electron chi connectivity index (χ4n) is 2.64. The molecule has 1 N–H and O–H groups in total. The molecule has 1 aliphatic heterocycles. The van der Waals surface area contributed by atoms with E-state index in [1.54, 1.807) is 0 Å². The van der Waals surface area contributed by atoms with Gasteiger partial charge in [0, 0.05) is 13.1 Å². The van der Waals surface area contributed by atoms with Crippen LogP contribution in [0.15, 0.2) is 36.4 Å². The molecule has 2 nitrogen and oxygen atoms in total. The van der Waals surface area contributed by atoms with E-state index in [1.807, 2.05) is 0 Å². The molecule has 0 aliphatic carbocycles. The second-order valence-corrected chi connectivity index (χ2v) is 5.58. The third-order valence-electron chi connectivity index (χ3n) is 3.63. The van der Waals surface area contributed by atoms with Crippen LogP contribution in [-0.4, -0.2) is 37.6 Å². The molecule has 1 atom stereocenters. The zero-order chi connectivity index (χ0) is 13.3. The molecule has 1 aliphatic rings. The Labute approximate surface area is 117 Å². The number of nitrogens with zero attached hydrogens (tertiary/aromatic N) is 1. The molecule has 104 valence electrons. The van der Waals surface area contributed by atoms with E-state index < -0.39 is 0 Å². The van der Waals surface area contributed by atoms with Gasteiger partial charge in [-0.1, -0.05) is 49.4 Å². The van der Waals surface area contributed by atoms with E-state index in [1.165, 1.54) is 38.0 Å². The van der Waals surface area contributed by atoms with Crippen molar-refractivity contribution in [1.82, 2.24) is 10.2 Å². The quantitative estimate of drug-likeness (QED) is 0.756. The Bertz CT molecular complexity index is 366. The normalized spacial score (nSPS) is 18.2. The van der Waals surface area contributed by atoms with E-state index in [4.69, 9.17) is 0 Å². The van der Waals surface area contributed by atoms with Crippen LogP contribution in [0.3, 0.4) is 0 Å². The number of likely N-dealkylation sites (tertiary alicyclic amines) is 1. The van der Waals surface area contributed by atoms with Gasteiger partial charge in [-0.3, -0.25) is 0 Å². The molecule has 0 saturated carbocycles. The molecule has 1 heterocycles. The molecule has 0 spiro atoms. The van der Waals surface area contributed by atoms with Gasteiger partial charge in [0.2, 0.25) is 0 Å². The topological polar surface area (TPSA) is 15.3 Å². The average Bonchev–Trinajstić information content (AvgIpc) is 2.92. The number of nitrogens with one attached hydrogen (secondary N) is 1. The highest BCUT2D eigenvalue weighted by molar-refractivity contribution is 5.48. The van der Waals surface area contributed by atoms with Gasteiger partial charge >= 0.3 is 0 Å². The van der Waals surface area contributed by atoms with Crippen LogP contribution in [0.25, 0.3) is 6.08 Å². The third-order valence-corrected chi connectivity index (χ3v) is 3.63. The molecule has 1 unspecified atom stereocenters. The van der Waals surface area contributed by atoms with Crippen molar-refractivity contribution in [2.75, 3.05) is 32.7 Å². The first-order valence-corrected chi connectivity index (χ1v) is 7.49. The molecule has 0 radical (unpaired) electrons. The number of benzene rings is 1. The maximum absolute atomic E-state index is 3.52. The molecule has 1 saturated heterocycles. The fraction of sp³-hybridized carbons (Fsp3) is 0.529. The van der Waals surface area contributed by atoms with E-state index in [9.17, 15) is 0 Å². The van der Waals surface area contributed by atoms with Gasteiger partial charge < -0.3 is 10.2 Å². The summed E-state index contributed by atoms with van der Waals surface area (Å²) >= 11 is 0. The molecule has 2 rings (SSSR count). The van der Waals surface area contributed by atoms with E-state index in [0.717, 1.165) is 19.0 Å². The lowest BCUT2D eigenvalue weighted by molar-refractivity contribution is 0.284. The van der Waals surface area contributed by atoms with Gasteiger partial charge in [0.1, 0.15) is 0 Å². The Balaban J connectivity index is 1.57. The van der Waals surface area contributed by atoms with Gasteiger partial charge in [0.25, 0.3) is 0 Å². The largest absolute Gasteiger partial charge is 0.313 e. The minimum atomic E-state index is 0.739. The number of hydrogen-bond donors (Lipinski definition) is 1. The Hall–Kier alpha value is -1.12. The lowest BCUT2D eigenvalue weighted by Gasteiger charge is -2.20. The molecule has 0 aromatic heterocycles. The van der Waals surface area contributed by atoms with Crippen molar-refractivity contribution >= 4 is 6.08 Å². The highest BCUT2D eigenvalue weighted by Crippen LogP contribution is 2.09. The fourth-order valence-corrected chi connectivity index (χ4v) is 2.64. The lowest BCUT2D eigenvalue weighted by Crippen LogP contribution is -2.31. The summed E-state index contributed by atoms with van der Waals surface area (Å²) in [6.45, 7) is 8.26. The molecule has 0 amide bonds. The summed E-state index contributed by atoms with van der Waals surface area (Å²) in [4.78, 5) is 2.59. The number of hydrogen-bond acceptors (Lipinski definition) is 2. The monoisotopic (exact) mass is 258 g/mol. The van der Waals surface area contributed by atoms with E-state index in [2.05, 4.69) is 59.6 Å². The van der Waals surface area contributed by atoms with Gasteiger partial charge in [-0.05, 0) is 44.0 Å². The van der Waals surface area contributed by atoms with Gasteiger partial charge in [-0.2, -0.15) is 0 Å². The van der Waals surface area contributed by atoms with Gasteiger partial charge in [0.15, 0.2) is 0 Å². The lowest BCUT2D eigenvalue weighted by atomic mass is 10.1. The summed E-state index contributed by atoms with van der Waals surface area (Å²) in [5.41, 5.74) is 1.27. The molecule has 0 bridgehead atoms. The second kappa shape index (κ2) is 8.13. The van der Waals surface area contributed by atoms with Crippen molar-refractivity contribution < 1.29 is 0 Å². The zero-order valence-corrected chi connectivity index (χ0v) is 12.0. The van der Waals surface area contributed by atoms with Crippen LogP contribution < -0.4 is 5.32 Å². The minimum absolute atomic E-state index is 0.739. The van der Waals surface area contributed by atoms with Crippen molar-refractivity contribution in [2.45, 2.75) is 19.8 Å². The van der Waals surface area contributed by atoms with Crippen LogP contribution in [0.1, 0.15) is 25.3 Å². The van der Waals surface area contributed by atoms with Crippen LogP contribution in [0.5, 0.6) is 0 Å². The van der Waals surface area contributed by atoms with Crippen LogP contribution in [-0.2, 0) is 0 Å². The first-order valence-electron chi connectivity index (χ1n) is 7.49. The van der Waals surface area contributed by atoms with Gasteiger partial charge in [-0.25, -0.2) is 0 Å². The summed E-state index contributed by atoms with van der Waals surface area (Å²) in [6, 6.07) is 10.5. The maximum atomic E-state index is 3.52. The second-order valence-electron chi connectivity index (χ2n) is 5.58. The molecule has 19 heavy (non-hydrogen) atoms. The molecular weight excluding hydrogens is 232 g/mol. The smallest absolute Gasteiger partial charge is 0.0138 e. The van der Waals surface area contributed by atoms with Crippen LogP contribution >= 0.6 is 0 Å². The minimum Gasteiger partial charge on any atom is -0.313 e. The first-order chi connectivity index (χ1) is 9.34. The summed E-state index contributed by atoms with van der Waals surface area (Å²) in [7, 11) is 0. The summed E-state index contributed by atoms with van der Waals surface area (Å²) < 4.78 is 0. The Morgan fingerprint density at radius 2 is 1.95 bits per heavy atom. The summed E-state index contributed by atoms with van der Waals surface area (Å²) in [5, 5.41) is 3.52. The van der Waals surface area contributed by atoms with Crippen molar-refractivity contribution in [1.29, 1.82) is 0 Å². The van der Waals surface area contributed by atoms with E-state index >= 15 is 0 Å². The maximum Gasteiger partial charge on any atom is 0.0138 e. The Kier molecular flexibility index (Phi) is 6.12. The SMILES string of the molecule is CC(CNC/C=C/c1ccccc1)CN1CCCC1. The molecule has 1 aromatic rings.